The van der Waals surface area contributed by atoms with Crippen molar-refractivity contribution in [3.05, 3.63) is 86.5 Å². The molecule has 2 aromatic heterocycles. The van der Waals surface area contributed by atoms with E-state index in [4.69, 9.17) is 0 Å². The van der Waals surface area contributed by atoms with Crippen molar-refractivity contribution in [1.29, 1.82) is 0 Å². The first-order valence-corrected chi connectivity index (χ1v) is 9.99. The minimum absolute atomic E-state index is 0.00730. The zero-order valence-corrected chi connectivity index (χ0v) is 17.7. The molecule has 0 unspecified atom stereocenters. The van der Waals surface area contributed by atoms with Crippen LogP contribution in [0.4, 0.5) is 11.4 Å². The number of hydrogen-bond acceptors (Lipinski definition) is 5. The van der Waals surface area contributed by atoms with Gasteiger partial charge in [0.05, 0.1) is 33.5 Å². The fraction of sp³-hybridized carbons (Fsp3) is 0.174. The number of carbonyl (C=O) groups is 2. The Bertz CT molecular complexity index is 1280. The molecule has 1 aliphatic heterocycles. The lowest BCUT2D eigenvalue weighted by molar-refractivity contribution is -0.385. The second-order valence-corrected chi connectivity index (χ2v) is 7.62. The minimum atomic E-state index is -0.447. The Hall–Kier alpha value is -4.27. The molecule has 0 aliphatic carbocycles. The molecule has 3 heterocycles. The highest BCUT2D eigenvalue weighted by atomic mass is 16.6. The van der Waals surface area contributed by atoms with Gasteiger partial charge in [0.1, 0.15) is 0 Å². The van der Waals surface area contributed by atoms with Crippen molar-refractivity contribution in [2.75, 3.05) is 5.32 Å². The first-order valence-electron chi connectivity index (χ1n) is 9.99. The van der Waals surface area contributed by atoms with Gasteiger partial charge in [-0.15, -0.1) is 0 Å². The number of aromatic nitrogens is 2. The maximum absolute atomic E-state index is 12.8. The van der Waals surface area contributed by atoms with Gasteiger partial charge in [-0.25, -0.2) is 0 Å². The molecule has 32 heavy (non-hydrogen) atoms. The van der Waals surface area contributed by atoms with Crippen molar-refractivity contribution < 1.29 is 14.5 Å². The number of aromatic amines is 1. The number of benzene rings is 1. The Morgan fingerprint density at radius 1 is 1.25 bits per heavy atom. The number of rotatable bonds is 5. The topological polar surface area (TPSA) is 130 Å². The smallest absolute Gasteiger partial charge is 0.293 e. The standard InChI is InChI=1S/C23H21N5O4/c1-12-20(25-14(3)21(12)28(31)32)11-17-16-10-15(7-8-19(16)27-23(17)30)22(29)26-13(2)18-6-4-5-9-24-18/h4-11,13,25H,1-3H3,(H,26,29)(H,27,30)/b17-11-/t13-/m1/s1. The number of amides is 2. The van der Waals surface area contributed by atoms with Gasteiger partial charge >= 0.3 is 0 Å². The molecule has 3 aromatic rings. The van der Waals surface area contributed by atoms with Crippen molar-refractivity contribution in [1.82, 2.24) is 15.3 Å². The van der Waals surface area contributed by atoms with Gasteiger partial charge < -0.3 is 15.6 Å². The molecule has 0 spiro atoms. The molecule has 9 nitrogen and oxygen atoms in total. The van der Waals surface area contributed by atoms with Gasteiger partial charge in [0.25, 0.3) is 17.5 Å². The third-order valence-electron chi connectivity index (χ3n) is 5.45. The Kier molecular flexibility index (Phi) is 5.31. The summed E-state index contributed by atoms with van der Waals surface area (Å²) in [6.45, 7) is 5.08. The number of anilines is 1. The van der Waals surface area contributed by atoms with Crippen LogP contribution in [0.15, 0.2) is 42.6 Å². The van der Waals surface area contributed by atoms with E-state index in [0.29, 0.717) is 39.3 Å². The van der Waals surface area contributed by atoms with Crippen LogP contribution in [0.2, 0.25) is 0 Å². The molecule has 9 heteroatoms. The third kappa shape index (κ3) is 3.76. The monoisotopic (exact) mass is 431 g/mol. The Labute approximate surface area is 183 Å². The van der Waals surface area contributed by atoms with E-state index in [1.807, 2.05) is 19.1 Å². The number of aryl methyl sites for hydroxylation is 1. The molecule has 1 aliphatic rings. The van der Waals surface area contributed by atoms with Gasteiger partial charge in [-0.05, 0) is 57.2 Å². The fourth-order valence-corrected chi connectivity index (χ4v) is 3.78. The minimum Gasteiger partial charge on any atom is -0.353 e. The van der Waals surface area contributed by atoms with Crippen molar-refractivity contribution >= 4 is 34.8 Å². The zero-order chi connectivity index (χ0) is 23.0. The Morgan fingerprint density at radius 2 is 2.03 bits per heavy atom. The number of hydrogen-bond donors (Lipinski definition) is 3. The molecule has 2 amide bonds. The highest BCUT2D eigenvalue weighted by Gasteiger charge is 2.27. The summed E-state index contributed by atoms with van der Waals surface area (Å²) in [4.78, 5) is 43.5. The van der Waals surface area contributed by atoms with Crippen molar-refractivity contribution in [2.24, 2.45) is 0 Å². The van der Waals surface area contributed by atoms with Crippen LogP contribution >= 0.6 is 0 Å². The summed E-state index contributed by atoms with van der Waals surface area (Å²) in [7, 11) is 0. The number of nitro groups is 1. The second-order valence-electron chi connectivity index (χ2n) is 7.62. The maximum atomic E-state index is 12.8. The number of fused-ring (bicyclic) bond motifs is 1. The van der Waals surface area contributed by atoms with Crippen LogP contribution in [-0.2, 0) is 4.79 Å². The molecule has 162 valence electrons. The van der Waals surface area contributed by atoms with Crippen molar-refractivity contribution in [3.63, 3.8) is 0 Å². The number of nitrogens with one attached hydrogen (secondary N) is 3. The summed E-state index contributed by atoms with van der Waals surface area (Å²) in [6.07, 6.45) is 3.24. The van der Waals surface area contributed by atoms with E-state index < -0.39 is 4.92 Å². The molecular formula is C23H21N5O4. The van der Waals surface area contributed by atoms with E-state index in [2.05, 4.69) is 20.6 Å². The number of pyridine rings is 1. The summed E-state index contributed by atoms with van der Waals surface area (Å²) in [6, 6.07) is 10.1. The average molecular weight is 431 g/mol. The summed E-state index contributed by atoms with van der Waals surface area (Å²) < 4.78 is 0. The number of nitrogens with zero attached hydrogens (tertiary/aromatic N) is 2. The normalized spacial score (nSPS) is 14.7. The molecule has 0 fully saturated rings. The molecular weight excluding hydrogens is 410 g/mol. The van der Waals surface area contributed by atoms with Gasteiger partial charge in [-0.3, -0.25) is 24.7 Å². The predicted molar refractivity (Wildman–Crippen MR) is 120 cm³/mol. The zero-order valence-electron chi connectivity index (χ0n) is 17.7. The largest absolute Gasteiger partial charge is 0.353 e. The van der Waals surface area contributed by atoms with Gasteiger partial charge in [0, 0.05) is 28.7 Å². The van der Waals surface area contributed by atoms with E-state index >= 15 is 0 Å². The predicted octanol–water partition coefficient (Wildman–Crippen LogP) is 3.92. The Morgan fingerprint density at radius 3 is 2.69 bits per heavy atom. The molecule has 0 radical (unpaired) electrons. The highest BCUT2D eigenvalue weighted by Crippen LogP contribution is 2.35. The SMILES string of the molecule is Cc1[nH]c(/C=C2\C(=O)Nc3ccc(C(=O)N[C@H](C)c4ccccn4)cc32)c(C)c1[N+](=O)[O-]. The summed E-state index contributed by atoms with van der Waals surface area (Å²) in [5.74, 6) is -0.638. The fourth-order valence-electron chi connectivity index (χ4n) is 3.78. The van der Waals surface area contributed by atoms with Crippen molar-refractivity contribution in [3.8, 4) is 0 Å². The van der Waals surface area contributed by atoms with Crippen LogP contribution in [-0.4, -0.2) is 26.7 Å². The quantitative estimate of drug-likeness (QED) is 0.320. The van der Waals surface area contributed by atoms with Gasteiger partial charge in [-0.2, -0.15) is 0 Å². The lowest BCUT2D eigenvalue weighted by atomic mass is 10.0. The van der Waals surface area contributed by atoms with Crippen LogP contribution in [0.25, 0.3) is 11.6 Å². The van der Waals surface area contributed by atoms with Gasteiger partial charge in [-0.1, -0.05) is 6.07 Å². The molecule has 0 saturated carbocycles. The number of H-pyrrole nitrogens is 1. The molecule has 3 N–H and O–H groups in total. The number of carbonyl (C=O) groups excluding carboxylic acids is 2. The molecule has 1 atom stereocenters. The van der Waals surface area contributed by atoms with Gasteiger partial charge in [0.15, 0.2) is 0 Å². The lowest BCUT2D eigenvalue weighted by Crippen LogP contribution is -2.27. The third-order valence-corrected chi connectivity index (χ3v) is 5.45. The van der Waals surface area contributed by atoms with Gasteiger partial charge in [0.2, 0.25) is 0 Å². The summed E-state index contributed by atoms with van der Waals surface area (Å²) >= 11 is 0. The first-order chi connectivity index (χ1) is 15.3. The maximum Gasteiger partial charge on any atom is 0.293 e. The van der Waals surface area contributed by atoms with Crippen molar-refractivity contribution in [2.45, 2.75) is 26.8 Å². The summed E-state index contributed by atoms with van der Waals surface area (Å²) in [5.41, 5.74) is 3.91. The molecule has 0 saturated heterocycles. The molecule has 4 rings (SSSR count). The van der Waals surface area contributed by atoms with Crippen LogP contribution in [0.5, 0.6) is 0 Å². The molecule has 0 bridgehead atoms. The summed E-state index contributed by atoms with van der Waals surface area (Å²) in [5, 5.41) is 17.0. The van der Waals surface area contributed by atoms with E-state index in [9.17, 15) is 19.7 Å². The van der Waals surface area contributed by atoms with Crippen LogP contribution in [0.3, 0.4) is 0 Å². The Balaban J connectivity index is 1.66. The van der Waals surface area contributed by atoms with E-state index in [1.165, 1.54) is 0 Å². The van der Waals surface area contributed by atoms with Crippen LogP contribution in [0, 0.1) is 24.0 Å². The van der Waals surface area contributed by atoms with Crippen LogP contribution < -0.4 is 10.6 Å². The van der Waals surface area contributed by atoms with E-state index in [0.717, 1.165) is 5.69 Å². The highest BCUT2D eigenvalue weighted by molar-refractivity contribution is 6.35. The second kappa shape index (κ2) is 8.10. The molecule has 1 aromatic carbocycles. The van der Waals surface area contributed by atoms with Crippen LogP contribution in [0.1, 0.15) is 51.5 Å². The van der Waals surface area contributed by atoms with E-state index in [1.54, 1.807) is 50.4 Å². The van der Waals surface area contributed by atoms with E-state index in [-0.39, 0.29) is 23.5 Å². The first kappa shape index (κ1) is 21.0. The average Bonchev–Trinajstić information content (AvgIpc) is 3.23. The lowest BCUT2D eigenvalue weighted by Gasteiger charge is -2.13.